The number of hydrogen-bond acceptors (Lipinski definition) is 7. The van der Waals surface area contributed by atoms with Crippen LogP contribution in [0.3, 0.4) is 0 Å². The summed E-state index contributed by atoms with van der Waals surface area (Å²) in [6.07, 6.45) is 37.4. The Labute approximate surface area is 621 Å². The predicted molar refractivity (Wildman–Crippen MR) is 420 cm³/mol. The van der Waals surface area contributed by atoms with E-state index in [9.17, 15) is 20.3 Å². The zero-order valence-corrected chi connectivity index (χ0v) is 64.0. The predicted octanol–water partition coefficient (Wildman–Crippen LogP) is 19.6. The van der Waals surface area contributed by atoms with E-state index in [-0.39, 0.29) is 59.3 Å². The Morgan fingerprint density at radius 3 is 1.08 bits per heavy atom. The van der Waals surface area contributed by atoms with Crippen molar-refractivity contribution in [3.63, 3.8) is 0 Å². The number of nitrogens with two attached hydrogens (primary N) is 1. The van der Waals surface area contributed by atoms with Crippen molar-refractivity contribution in [1.29, 1.82) is 5.26 Å². The number of nitrogens with zero attached hydrogens (tertiary/aromatic N) is 1. The van der Waals surface area contributed by atoms with Gasteiger partial charge in [-0.1, -0.05) is 223 Å². The van der Waals surface area contributed by atoms with Crippen molar-refractivity contribution in [2.45, 2.75) is 226 Å². The smallest absolute Gasteiger partial charge is 1.00 e. The van der Waals surface area contributed by atoms with Gasteiger partial charge < -0.3 is 26.8 Å². The molecule has 524 valence electrons. The Balaban J connectivity index is 0.000000420. The van der Waals surface area contributed by atoms with Crippen LogP contribution in [0.2, 0.25) is 0 Å². The summed E-state index contributed by atoms with van der Waals surface area (Å²) in [4.78, 5) is 10.8. The molecule has 4 aliphatic carbocycles. The summed E-state index contributed by atoms with van der Waals surface area (Å²) < 4.78 is 11.0. The third-order valence-electron chi connectivity index (χ3n) is 20.2. The van der Waals surface area contributed by atoms with Gasteiger partial charge in [0.05, 0.1) is 23.7 Å². The molecule has 0 radical (unpaired) electrons. The van der Waals surface area contributed by atoms with Crippen LogP contribution in [0.4, 0.5) is 0 Å². The molecule has 4 N–H and O–H groups in total. The van der Waals surface area contributed by atoms with Crippen LogP contribution in [0.5, 0.6) is 0 Å². The van der Waals surface area contributed by atoms with Gasteiger partial charge in [0, 0.05) is 48.4 Å². The summed E-state index contributed by atoms with van der Waals surface area (Å²) in [6, 6.07) is 34.4. The number of nitriles is 1. The van der Waals surface area contributed by atoms with Crippen molar-refractivity contribution >= 4 is 63.9 Å². The number of aliphatic hydroxyl groups excluding tert-OH is 2. The van der Waals surface area contributed by atoms with E-state index in [1.807, 2.05) is 74.5 Å². The Morgan fingerprint density at radius 2 is 0.794 bits per heavy atom. The van der Waals surface area contributed by atoms with Gasteiger partial charge in [-0.25, -0.2) is 0 Å². The van der Waals surface area contributed by atoms with Gasteiger partial charge in [0.2, 0.25) is 0 Å². The Kier molecular flexibility index (Phi) is 36.9. The first-order valence-corrected chi connectivity index (χ1v) is 36.3. The molecule has 4 aromatic carbocycles. The van der Waals surface area contributed by atoms with Crippen molar-refractivity contribution in [3.05, 3.63) is 209 Å². The van der Waals surface area contributed by atoms with Crippen molar-refractivity contribution in [1.82, 2.24) is 0 Å². The van der Waals surface area contributed by atoms with Crippen LogP contribution < -0.4 is 24.6 Å². The number of carbonyl (C=O) groups is 1. The summed E-state index contributed by atoms with van der Waals surface area (Å²) in [5.41, 5.74) is 24.6. The van der Waals surface area contributed by atoms with Crippen LogP contribution >= 0.6 is 15.9 Å². The standard InChI is InChI=1S/C22H33NO.C22H29NO.C18H22O.C17H21Br.2C4H8O.Al.Li.4H/c2*1-16-8-7-13-21(2,3)19(16)12-11-17-9-6-10-18(14-17)20(24)22(4,5)15-23;1-14-6-5-11-18(2,3)17(14)10-9-15-7-4-8-16(12-15)13-19;1-13-6-5-11-17(2,3)16(13)10-9-14-7-4-8-15(18)12-14;2*1-2-4-5-3-1;;;;;;/h6,9-12,14,20,24H,7-8,13,15,23H2,1-5H3;6,9-12,14,20,24H,7-8,13H2,1-5H3;4,7-10,12-13H,5-6,11H2,1-3H3;4,7-10,12H,5-6,11H2,1-3H3;2*1-4H2;;;;;;/q;;;;;;;+1;;;;-1/b2*12-11+;2*10-9+;;;;;;;;. The molecule has 6 aliphatic rings. The summed E-state index contributed by atoms with van der Waals surface area (Å²) in [5, 5.41) is 30.3. The molecule has 0 spiro atoms. The number of aldehydes is 1. The molecule has 2 aliphatic heterocycles. The molecule has 97 heavy (non-hydrogen) atoms. The van der Waals surface area contributed by atoms with E-state index in [0.29, 0.717) is 12.0 Å². The van der Waals surface area contributed by atoms with Gasteiger partial charge in [0.25, 0.3) is 0 Å². The molecule has 4 aromatic rings. The van der Waals surface area contributed by atoms with Crippen LogP contribution in [0.15, 0.2) is 170 Å². The molecule has 0 aromatic heterocycles. The molecular formula is C87H125AlBrLiN2O5. The van der Waals surface area contributed by atoms with E-state index in [1.54, 1.807) is 19.4 Å². The quantitative estimate of drug-likeness (QED) is 0.0848. The minimum atomic E-state index is -0.799. The molecule has 2 saturated heterocycles. The molecule has 0 amide bonds. The fourth-order valence-electron chi connectivity index (χ4n) is 13.8. The number of ether oxygens (including phenoxy) is 2. The number of benzene rings is 4. The van der Waals surface area contributed by atoms with Crippen molar-refractivity contribution in [2.24, 2.45) is 38.2 Å². The molecule has 0 bridgehead atoms. The van der Waals surface area contributed by atoms with Crippen molar-refractivity contribution in [3.8, 4) is 6.07 Å². The van der Waals surface area contributed by atoms with E-state index in [1.165, 1.54) is 147 Å². The molecule has 7 nitrogen and oxygen atoms in total. The van der Waals surface area contributed by atoms with Crippen molar-refractivity contribution in [2.75, 3.05) is 33.0 Å². The average molecular weight is 1390 g/mol. The zero-order chi connectivity index (χ0) is 70.0. The first-order chi connectivity index (χ1) is 44.9. The second kappa shape index (κ2) is 41.3. The number of rotatable bonds is 14. The fourth-order valence-corrected chi connectivity index (χ4v) is 14.2. The molecule has 2 unspecified atom stereocenters. The molecule has 2 heterocycles. The summed E-state index contributed by atoms with van der Waals surface area (Å²) >= 11 is 3.52. The second-order valence-corrected chi connectivity index (χ2v) is 32.1. The monoisotopic (exact) mass is 1390 g/mol. The van der Waals surface area contributed by atoms with E-state index >= 15 is 0 Å². The third-order valence-corrected chi connectivity index (χ3v) is 20.7. The summed E-state index contributed by atoms with van der Waals surface area (Å²) in [5.74, 6) is 0. The Morgan fingerprint density at radius 1 is 0.495 bits per heavy atom. The Bertz CT molecular complexity index is 3410. The van der Waals surface area contributed by atoms with Crippen LogP contribution in [-0.4, -0.2) is 66.8 Å². The van der Waals surface area contributed by atoms with Crippen molar-refractivity contribution < 1.29 is 44.8 Å². The Hall–Kier alpha value is -4.63. The van der Waals surface area contributed by atoms with Gasteiger partial charge in [0.15, 0.2) is 17.4 Å². The number of aliphatic hydroxyl groups is 2. The van der Waals surface area contributed by atoms with Crippen LogP contribution in [0.25, 0.3) is 24.3 Å². The van der Waals surface area contributed by atoms with Gasteiger partial charge in [-0.2, -0.15) is 5.26 Å². The topological polar surface area (TPSA) is 126 Å². The van der Waals surface area contributed by atoms with E-state index < -0.39 is 17.6 Å². The first kappa shape index (κ1) is 86.6. The molecule has 10 rings (SSSR count). The zero-order valence-electron chi connectivity index (χ0n) is 63.5. The average Bonchev–Trinajstić information content (AvgIpc) is 1.76. The molecule has 2 atom stereocenters. The van der Waals surface area contributed by atoms with E-state index in [0.717, 1.165) is 70.6 Å². The number of hydrogen-bond donors (Lipinski definition) is 3. The molecule has 0 saturated carbocycles. The SMILES string of the molecule is C1CCOC1.C1CCOC1.CC1=C(/C=C/c2cccc(Br)c2)C(C)(C)CCC1.CC1=C(/C=C/c2cccc(C(O)C(C)(C)C#N)c2)C(C)(C)CCC1.CC1=C(/C=C/c2cccc(C(O)C(C)(C)CN)c2)C(C)(C)CCC1.CC1=C(/C=C/c2cccc(C=O)c2)C(C)(C)CCC1.[AlH3].[H-].[Li+]. The van der Waals surface area contributed by atoms with Gasteiger partial charge >= 0.3 is 18.9 Å². The molecule has 2 fully saturated rings. The summed E-state index contributed by atoms with van der Waals surface area (Å²) in [7, 11) is 0. The molecule has 10 heteroatoms. The van der Waals surface area contributed by atoms with Gasteiger partial charge in [-0.05, 0) is 252 Å². The minimum absolute atomic E-state index is 0. The van der Waals surface area contributed by atoms with Gasteiger partial charge in [-0.15, -0.1) is 0 Å². The maximum absolute atomic E-state index is 10.8. The first-order valence-electron chi connectivity index (χ1n) is 35.5. The van der Waals surface area contributed by atoms with Gasteiger partial charge in [0.1, 0.15) is 6.29 Å². The maximum atomic E-state index is 10.8. The summed E-state index contributed by atoms with van der Waals surface area (Å²) in [6.45, 7) is 39.6. The van der Waals surface area contributed by atoms with Crippen LogP contribution in [0.1, 0.15) is 271 Å². The largest absolute Gasteiger partial charge is 1.00 e. The van der Waals surface area contributed by atoms with Crippen LogP contribution in [-0.2, 0) is 9.47 Å². The molecular weight excluding hydrogens is 1270 g/mol. The van der Waals surface area contributed by atoms with E-state index in [2.05, 4.69) is 190 Å². The maximum Gasteiger partial charge on any atom is 1.00 e. The third kappa shape index (κ3) is 28.0. The van der Waals surface area contributed by atoms with E-state index in [4.69, 9.17) is 15.2 Å². The second-order valence-electron chi connectivity index (χ2n) is 31.2. The minimum Gasteiger partial charge on any atom is -1.00 e. The van der Waals surface area contributed by atoms with Gasteiger partial charge in [-0.3, -0.25) is 4.79 Å². The number of allylic oxidation sites excluding steroid dienone is 12. The normalized spacial score (nSPS) is 19.5. The number of halogens is 1. The fraction of sp³-hybridized carbons (Fsp3) is 0.517. The van der Waals surface area contributed by atoms with Crippen LogP contribution in [0, 0.1) is 43.8 Å². The number of carbonyl (C=O) groups excluding carboxylic acids is 1.